The smallest absolute Gasteiger partial charge is 0.264 e. The average molecular weight is 639 g/mol. The summed E-state index contributed by atoms with van der Waals surface area (Å²) in [4.78, 5) is 28.8. The first-order chi connectivity index (χ1) is 19.4. The van der Waals surface area contributed by atoms with Crippen molar-refractivity contribution in [2.24, 2.45) is 0 Å². The highest BCUT2D eigenvalue weighted by Gasteiger charge is 2.34. The number of amides is 2. The van der Waals surface area contributed by atoms with Crippen molar-refractivity contribution in [2.45, 2.75) is 58.0 Å². The van der Waals surface area contributed by atoms with Crippen molar-refractivity contribution in [1.82, 2.24) is 10.2 Å². The topological polar surface area (TPSA) is 86.8 Å². The van der Waals surface area contributed by atoms with Gasteiger partial charge in [-0.15, -0.1) is 0 Å². The molecule has 3 rings (SSSR count). The Morgan fingerprint density at radius 2 is 1.56 bits per heavy atom. The van der Waals surface area contributed by atoms with Crippen LogP contribution >= 0.6 is 34.8 Å². The highest BCUT2D eigenvalue weighted by Crippen LogP contribution is 2.31. The Kier molecular flexibility index (Phi) is 11.5. The summed E-state index contributed by atoms with van der Waals surface area (Å²) in [5.74, 6) is -0.939. The molecule has 2 amide bonds. The first-order valence-corrected chi connectivity index (χ1v) is 15.8. The molecule has 7 nitrogen and oxygen atoms in total. The Balaban J connectivity index is 2.12. The summed E-state index contributed by atoms with van der Waals surface area (Å²) in [7, 11) is -4.20. The van der Waals surface area contributed by atoms with Crippen LogP contribution < -0.4 is 9.62 Å². The minimum absolute atomic E-state index is 0.0266. The minimum Gasteiger partial charge on any atom is -0.354 e. The van der Waals surface area contributed by atoms with Crippen LogP contribution in [0.15, 0.2) is 65.6 Å². The summed E-state index contributed by atoms with van der Waals surface area (Å²) in [6, 6.07) is 15.2. The quantitative estimate of drug-likeness (QED) is 0.237. The second kappa shape index (κ2) is 14.4. The Bertz CT molecular complexity index is 1480. The van der Waals surface area contributed by atoms with Crippen LogP contribution in [0.3, 0.4) is 0 Å². The van der Waals surface area contributed by atoms with E-state index in [1.807, 2.05) is 13.8 Å². The molecule has 3 aromatic rings. The van der Waals surface area contributed by atoms with Gasteiger partial charge < -0.3 is 10.2 Å². The van der Waals surface area contributed by atoms with Crippen LogP contribution in [-0.2, 0) is 26.2 Å². The predicted molar refractivity (Wildman–Crippen MR) is 166 cm³/mol. The first-order valence-electron chi connectivity index (χ1n) is 13.3. The van der Waals surface area contributed by atoms with Crippen molar-refractivity contribution in [3.8, 4) is 0 Å². The van der Waals surface area contributed by atoms with Crippen molar-refractivity contribution >= 4 is 62.3 Å². The summed E-state index contributed by atoms with van der Waals surface area (Å²) >= 11 is 19.1. The highest BCUT2D eigenvalue weighted by atomic mass is 35.5. The van der Waals surface area contributed by atoms with Crippen molar-refractivity contribution in [2.75, 3.05) is 17.4 Å². The molecular formula is C30H34Cl3N3O4S. The maximum Gasteiger partial charge on any atom is 0.264 e. The molecule has 41 heavy (non-hydrogen) atoms. The molecule has 220 valence electrons. The zero-order valence-electron chi connectivity index (χ0n) is 23.5. The fourth-order valence-electron chi connectivity index (χ4n) is 4.39. The minimum atomic E-state index is -4.20. The number of nitrogens with one attached hydrogen (secondary N) is 1. The molecule has 0 aliphatic carbocycles. The van der Waals surface area contributed by atoms with Crippen LogP contribution in [0.25, 0.3) is 0 Å². The fraction of sp³-hybridized carbons (Fsp3) is 0.333. The van der Waals surface area contributed by atoms with Gasteiger partial charge in [-0.1, -0.05) is 72.4 Å². The van der Waals surface area contributed by atoms with Gasteiger partial charge in [0.2, 0.25) is 11.8 Å². The fourth-order valence-corrected chi connectivity index (χ4v) is 6.61. The lowest BCUT2D eigenvalue weighted by atomic mass is 10.1. The number of halogens is 3. The molecule has 0 spiro atoms. The third kappa shape index (κ3) is 7.95. The van der Waals surface area contributed by atoms with Crippen LogP contribution in [0.2, 0.25) is 15.1 Å². The molecule has 1 atom stereocenters. The standard InChI is InChI=1S/C30H34Cl3N3O4S/c1-5-16-34-30(38)27(6-2)35(18-24-25(32)8-7-9-26(24)33)29(37)19-36(28-15-12-22(31)17-21(28)4)41(39,40)23-13-10-20(3)11-14-23/h7-15,17,27H,5-6,16,18-19H2,1-4H3,(H,34,38)/t27-/m1/s1. The van der Waals surface area contributed by atoms with Crippen molar-refractivity contribution < 1.29 is 18.0 Å². The molecule has 0 radical (unpaired) electrons. The van der Waals surface area contributed by atoms with Gasteiger partial charge in [0, 0.05) is 33.7 Å². The van der Waals surface area contributed by atoms with E-state index in [4.69, 9.17) is 34.8 Å². The number of carbonyl (C=O) groups excluding carboxylic acids is 2. The Morgan fingerprint density at radius 1 is 0.927 bits per heavy atom. The molecule has 0 aliphatic heterocycles. The highest BCUT2D eigenvalue weighted by molar-refractivity contribution is 7.92. The number of benzene rings is 3. The number of anilines is 1. The summed E-state index contributed by atoms with van der Waals surface area (Å²) < 4.78 is 29.1. The maximum absolute atomic E-state index is 14.2. The number of aryl methyl sites for hydroxylation is 2. The molecule has 0 bridgehead atoms. The molecule has 3 aromatic carbocycles. The largest absolute Gasteiger partial charge is 0.354 e. The lowest BCUT2D eigenvalue weighted by molar-refractivity contribution is -0.140. The van der Waals surface area contributed by atoms with E-state index in [9.17, 15) is 18.0 Å². The van der Waals surface area contributed by atoms with Gasteiger partial charge in [-0.3, -0.25) is 13.9 Å². The monoisotopic (exact) mass is 637 g/mol. The molecule has 0 aromatic heterocycles. The Hall–Kier alpha value is -2.78. The van der Waals surface area contributed by atoms with Gasteiger partial charge in [0.1, 0.15) is 12.6 Å². The second-order valence-electron chi connectivity index (χ2n) is 9.69. The molecule has 0 unspecified atom stereocenters. The van der Waals surface area contributed by atoms with Gasteiger partial charge in [0.05, 0.1) is 10.6 Å². The molecule has 0 saturated carbocycles. The SMILES string of the molecule is CCCNC(=O)[C@@H](CC)N(Cc1c(Cl)cccc1Cl)C(=O)CN(c1ccc(Cl)cc1C)S(=O)(=O)c1ccc(C)cc1. The average Bonchev–Trinajstić information content (AvgIpc) is 2.92. The van der Waals surface area contributed by atoms with Gasteiger partial charge in [-0.2, -0.15) is 0 Å². The van der Waals surface area contributed by atoms with Gasteiger partial charge in [-0.05, 0) is 74.7 Å². The predicted octanol–water partition coefficient (Wildman–Crippen LogP) is 6.79. The molecule has 0 saturated heterocycles. The number of rotatable bonds is 12. The molecule has 0 fully saturated rings. The third-order valence-corrected chi connectivity index (χ3v) is 9.36. The van der Waals surface area contributed by atoms with E-state index in [0.29, 0.717) is 44.8 Å². The number of hydrogen-bond donors (Lipinski definition) is 1. The summed E-state index contributed by atoms with van der Waals surface area (Å²) in [6.07, 6.45) is 0.999. The van der Waals surface area contributed by atoms with Crippen LogP contribution in [0.5, 0.6) is 0 Å². The summed E-state index contributed by atoms with van der Waals surface area (Å²) in [5.41, 5.74) is 2.21. The molecule has 11 heteroatoms. The van der Waals surface area contributed by atoms with Crippen LogP contribution in [0.1, 0.15) is 43.4 Å². The van der Waals surface area contributed by atoms with Crippen LogP contribution in [0, 0.1) is 13.8 Å². The van der Waals surface area contributed by atoms with Gasteiger partial charge >= 0.3 is 0 Å². The number of carbonyl (C=O) groups is 2. The van der Waals surface area contributed by atoms with Crippen molar-refractivity contribution in [1.29, 1.82) is 0 Å². The molecular weight excluding hydrogens is 605 g/mol. The van der Waals surface area contributed by atoms with E-state index in [2.05, 4.69) is 5.32 Å². The number of hydrogen-bond acceptors (Lipinski definition) is 4. The van der Waals surface area contributed by atoms with E-state index in [1.165, 1.54) is 17.0 Å². The lowest BCUT2D eigenvalue weighted by Crippen LogP contribution is -2.52. The van der Waals surface area contributed by atoms with Crippen LogP contribution in [0.4, 0.5) is 5.69 Å². The van der Waals surface area contributed by atoms with Gasteiger partial charge in [0.25, 0.3) is 10.0 Å². The first kappa shape index (κ1) is 32.7. The maximum atomic E-state index is 14.2. The van der Waals surface area contributed by atoms with Crippen molar-refractivity contribution in [3.63, 3.8) is 0 Å². The summed E-state index contributed by atoms with van der Waals surface area (Å²) in [5, 5.41) is 3.94. The Labute approximate surface area is 257 Å². The number of sulfonamides is 1. The zero-order valence-corrected chi connectivity index (χ0v) is 26.5. The van der Waals surface area contributed by atoms with Crippen molar-refractivity contribution in [3.05, 3.63) is 92.4 Å². The Morgan fingerprint density at radius 3 is 2.12 bits per heavy atom. The van der Waals surface area contributed by atoms with Gasteiger partial charge in [-0.25, -0.2) is 8.42 Å². The van der Waals surface area contributed by atoms with E-state index in [-0.39, 0.29) is 23.8 Å². The molecule has 0 heterocycles. The van der Waals surface area contributed by atoms with E-state index in [0.717, 1.165) is 9.87 Å². The van der Waals surface area contributed by atoms with E-state index >= 15 is 0 Å². The normalized spacial score (nSPS) is 12.1. The number of nitrogens with zero attached hydrogens (tertiary/aromatic N) is 2. The van der Waals surface area contributed by atoms with E-state index in [1.54, 1.807) is 62.4 Å². The zero-order chi connectivity index (χ0) is 30.3. The van der Waals surface area contributed by atoms with Gasteiger partial charge in [0.15, 0.2) is 0 Å². The van der Waals surface area contributed by atoms with Crippen LogP contribution in [-0.4, -0.2) is 44.3 Å². The lowest BCUT2D eigenvalue weighted by Gasteiger charge is -2.34. The molecule has 0 aliphatic rings. The third-order valence-electron chi connectivity index (χ3n) is 6.64. The van der Waals surface area contributed by atoms with E-state index < -0.39 is 28.5 Å². The molecule has 1 N–H and O–H groups in total. The second-order valence-corrected chi connectivity index (χ2v) is 12.8. The summed E-state index contributed by atoms with van der Waals surface area (Å²) in [6.45, 7) is 7.06.